The number of hydrogen-bond donors (Lipinski definition) is 1. The monoisotopic (exact) mass is 554 g/mol. The van der Waals surface area contributed by atoms with E-state index in [1.54, 1.807) is 42.4 Å². The topological polar surface area (TPSA) is 100 Å². The van der Waals surface area contributed by atoms with Gasteiger partial charge in [-0.25, -0.2) is 0 Å². The van der Waals surface area contributed by atoms with Crippen LogP contribution in [0.2, 0.25) is 10.0 Å². The number of amides is 3. The molecule has 3 aromatic rings. The Balaban J connectivity index is 1.44. The molecule has 3 amide bonds. The summed E-state index contributed by atoms with van der Waals surface area (Å²) in [6.45, 7) is 6.71. The minimum atomic E-state index is -0.271. The van der Waals surface area contributed by atoms with E-state index in [9.17, 15) is 14.4 Å². The van der Waals surface area contributed by atoms with E-state index in [1.165, 1.54) is 0 Å². The standard InChI is InChI=1S/C27H28Cl2N6O3/c1-14-9-23-19(13-33(14)26(37)17-5-7-20(28)21(29)10-17)24-27(38)34(12-15(2)35(24)32-23)16(3)18-6-8-22(31-11-18)25(36)30-4/h5-8,10-11,14-16H,9,12-13H2,1-4H3,(H,30,36)/t14-,15-,16-/m1/s1. The number of benzene rings is 1. The van der Waals surface area contributed by atoms with Gasteiger partial charge in [0.1, 0.15) is 11.4 Å². The maximum atomic E-state index is 13.9. The SMILES string of the molecule is CNC(=O)c1ccc([C@@H](C)N2C[C@@H](C)n3nc4c(c3C2=O)CN(C(=O)c2ccc(Cl)c(Cl)c2)[C@H](C)C4)cn1. The molecule has 4 heterocycles. The van der Waals surface area contributed by atoms with E-state index in [1.807, 2.05) is 36.4 Å². The number of carbonyl (C=O) groups is 3. The van der Waals surface area contributed by atoms with Gasteiger partial charge in [-0.05, 0) is 50.6 Å². The number of fused-ring (bicyclic) bond motifs is 3. The number of hydrogen-bond acceptors (Lipinski definition) is 5. The number of pyridine rings is 1. The second-order valence-corrected chi connectivity index (χ2v) is 10.7. The molecule has 0 fully saturated rings. The molecule has 2 aromatic heterocycles. The van der Waals surface area contributed by atoms with Crippen molar-refractivity contribution in [3.05, 3.63) is 80.3 Å². The van der Waals surface area contributed by atoms with Crippen LogP contribution < -0.4 is 5.32 Å². The highest BCUT2D eigenvalue weighted by atomic mass is 35.5. The molecule has 0 spiro atoms. The van der Waals surface area contributed by atoms with Gasteiger partial charge < -0.3 is 15.1 Å². The molecule has 2 aliphatic heterocycles. The fraction of sp³-hybridized carbons (Fsp3) is 0.370. The molecule has 1 N–H and O–H groups in total. The number of halogens is 2. The molecule has 0 radical (unpaired) electrons. The Bertz CT molecular complexity index is 1440. The van der Waals surface area contributed by atoms with Crippen molar-refractivity contribution in [3.8, 4) is 0 Å². The average molecular weight is 555 g/mol. The van der Waals surface area contributed by atoms with Gasteiger partial charge in [-0.15, -0.1) is 0 Å². The summed E-state index contributed by atoms with van der Waals surface area (Å²) in [5.74, 6) is -0.585. The lowest BCUT2D eigenvalue weighted by Gasteiger charge is -2.37. The smallest absolute Gasteiger partial charge is 0.273 e. The third-order valence-electron chi connectivity index (χ3n) is 7.41. The van der Waals surface area contributed by atoms with E-state index in [0.717, 1.165) is 16.8 Å². The Morgan fingerprint density at radius 2 is 1.87 bits per heavy atom. The van der Waals surface area contributed by atoms with Gasteiger partial charge in [0, 0.05) is 43.4 Å². The summed E-state index contributed by atoms with van der Waals surface area (Å²) in [6, 6.07) is 7.89. The summed E-state index contributed by atoms with van der Waals surface area (Å²) in [5, 5.41) is 8.07. The van der Waals surface area contributed by atoms with Crippen molar-refractivity contribution in [3.63, 3.8) is 0 Å². The van der Waals surface area contributed by atoms with Crippen LogP contribution in [0.5, 0.6) is 0 Å². The van der Waals surface area contributed by atoms with Crippen LogP contribution in [0.15, 0.2) is 36.5 Å². The lowest BCUT2D eigenvalue weighted by molar-refractivity contribution is 0.0574. The minimum Gasteiger partial charge on any atom is -0.354 e. The molecule has 0 bridgehead atoms. The van der Waals surface area contributed by atoms with Crippen LogP contribution in [0, 0.1) is 0 Å². The Kier molecular flexibility index (Phi) is 6.92. The van der Waals surface area contributed by atoms with Crippen LogP contribution in [0.1, 0.15) is 81.0 Å². The van der Waals surface area contributed by atoms with Crippen molar-refractivity contribution in [1.82, 2.24) is 29.9 Å². The summed E-state index contributed by atoms with van der Waals surface area (Å²) < 4.78 is 1.81. The molecule has 0 saturated heterocycles. The first-order chi connectivity index (χ1) is 18.1. The van der Waals surface area contributed by atoms with E-state index < -0.39 is 0 Å². The Morgan fingerprint density at radius 3 is 2.53 bits per heavy atom. The zero-order valence-corrected chi connectivity index (χ0v) is 23.0. The van der Waals surface area contributed by atoms with Gasteiger partial charge >= 0.3 is 0 Å². The fourth-order valence-electron chi connectivity index (χ4n) is 5.18. The van der Waals surface area contributed by atoms with Crippen LogP contribution in [0.4, 0.5) is 0 Å². The summed E-state index contributed by atoms with van der Waals surface area (Å²) in [5.41, 5.74) is 3.72. The first-order valence-electron chi connectivity index (χ1n) is 12.5. The fourth-order valence-corrected chi connectivity index (χ4v) is 5.48. The molecule has 9 nitrogen and oxygen atoms in total. The molecule has 198 valence electrons. The van der Waals surface area contributed by atoms with Crippen molar-refractivity contribution in [2.75, 3.05) is 13.6 Å². The highest BCUT2D eigenvalue weighted by molar-refractivity contribution is 6.42. The van der Waals surface area contributed by atoms with E-state index in [4.69, 9.17) is 28.3 Å². The second kappa shape index (κ2) is 10.0. The maximum absolute atomic E-state index is 13.9. The van der Waals surface area contributed by atoms with Crippen LogP contribution in [-0.2, 0) is 13.0 Å². The number of nitrogens with zero attached hydrogens (tertiary/aromatic N) is 5. The lowest BCUT2D eigenvalue weighted by Crippen LogP contribution is -2.45. The van der Waals surface area contributed by atoms with Crippen molar-refractivity contribution in [1.29, 1.82) is 0 Å². The van der Waals surface area contributed by atoms with Gasteiger partial charge in [0.15, 0.2) is 0 Å². The molecule has 5 rings (SSSR count). The Labute approximate surface area is 230 Å². The molecule has 11 heteroatoms. The van der Waals surface area contributed by atoms with Gasteiger partial charge in [0.2, 0.25) is 0 Å². The highest BCUT2D eigenvalue weighted by Crippen LogP contribution is 2.35. The van der Waals surface area contributed by atoms with Crippen LogP contribution in [0.25, 0.3) is 0 Å². The molecule has 2 aliphatic rings. The molecule has 3 atom stereocenters. The van der Waals surface area contributed by atoms with Gasteiger partial charge in [0.05, 0.1) is 34.4 Å². The third kappa shape index (κ3) is 4.43. The Morgan fingerprint density at radius 1 is 1.11 bits per heavy atom. The zero-order chi connectivity index (χ0) is 27.3. The lowest BCUT2D eigenvalue weighted by atomic mass is 9.96. The van der Waals surface area contributed by atoms with E-state index >= 15 is 0 Å². The zero-order valence-electron chi connectivity index (χ0n) is 21.5. The van der Waals surface area contributed by atoms with Crippen molar-refractivity contribution < 1.29 is 14.4 Å². The summed E-state index contributed by atoms with van der Waals surface area (Å²) in [4.78, 5) is 47.0. The van der Waals surface area contributed by atoms with E-state index in [-0.39, 0.29) is 42.4 Å². The number of aromatic nitrogens is 3. The Hall–Kier alpha value is -3.43. The van der Waals surface area contributed by atoms with E-state index in [2.05, 4.69) is 10.3 Å². The number of carbonyl (C=O) groups excluding carboxylic acids is 3. The van der Waals surface area contributed by atoms with Crippen LogP contribution in [0.3, 0.4) is 0 Å². The molecule has 0 unspecified atom stereocenters. The largest absolute Gasteiger partial charge is 0.354 e. The third-order valence-corrected chi connectivity index (χ3v) is 8.15. The first-order valence-corrected chi connectivity index (χ1v) is 13.2. The van der Waals surface area contributed by atoms with Crippen molar-refractivity contribution in [2.24, 2.45) is 0 Å². The predicted molar refractivity (Wildman–Crippen MR) is 144 cm³/mol. The highest BCUT2D eigenvalue weighted by Gasteiger charge is 2.40. The predicted octanol–water partition coefficient (Wildman–Crippen LogP) is 4.31. The molecule has 38 heavy (non-hydrogen) atoms. The maximum Gasteiger partial charge on any atom is 0.273 e. The summed E-state index contributed by atoms with van der Waals surface area (Å²) in [7, 11) is 1.55. The molecule has 0 aliphatic carbocycles. The first kappa shape index (κ1) is 26.2. The molecular weight excluding hydrogens is 527 g/mol. The average Bonchev–Trinajstić information content (AvgIpc) is 3.29. The molecular formula is C27H28Cl2N6O3. The van der Waals surface area contributed by atoms with Crippen molar-refractivity contribution >= 4 is 40.9 Å². The molecule has 1 aromatic carbocycles. The quantitative estimate of drug-likeness (QED) is 0.517. The normalized spacial score (nSPS) is 19.6. The van der Waals surface area contributed by atoms with Gasteiger partial charge in [-0.3, -0.25) is 24.0 Å². The van der Waals surface area contributed by atoms with Crippen LogP contribution in [-0.4, -0.2) is 61.9 Å². The van der Waals surface area contributed by atoms with Gasteiger partial charge in [-0.2, -0.15) is 5.10 Å². The van der Waals surface area contributed by atoms with Gasteiger partial charge in [-0.1, -0.05) is 29.3 Å². The van der Waals surface area contributed by atoms with Gasteiger partial charge in [0.25, 0.3) is 17.7 Å². The number of rotatable bonds is 4. The van der Waals surface area contributed by atoms with E-state index in [0.29, 0.717) is 40.0 Å². The summed E-state index contributed by atoms with van der Waals surface area (Å²) >= 11 is 12.2. The minimum absolute atomic E-state index is 0.0524. The summed E-state index contributed by atoms with van der Waals surface area (Å²) in [6.07, 6.45) is 2.18. The van der Waals surface area contributed by atoms with Crippen LogP contribution >= 0.6 is 23.2 Å². The number of nitrogens with one attached hydrogen (secondary N) is 1. The second-order valence-electron chi connectivity index (χ2n) is 9.87. The molecule has 0 saturated carbocycles. The van der Waals surface area contributed by atoms with Crippen molar-refractivity contribution in [2.45, 2.75) is 51.9 Å².